The van der Waals surface area contributed by atoms with E-state index in [-0.39, 0.29) is 11.0 Å². The second kappa shape index (κ2) is 5.92. The third-order valence-corrected chi connectivity index (χ3v) is 4.49. The largest absolute Gasteiger partial charge is 0.491 e. The molecule has 2 aromatic carbocycles. The van der Waals surface area contributed by atoms with E-state index in [9.17, 15) is 8.42 Å². The number of anilines is 1. The summed E-state index contributed by atoms with van der Waals surface area (Å²) in [4.78, 5) is 4.15. The molecule has 0 bridgehead atoms. The van der Waals surface area contributed by atoms with Gasteiger partial charge in [-0.1, -0.05) is 0 Å². The summed E-state index contributed by atoms with van der Waals surface area (Å²) >= 11 is 0. The number of rotatable bonds is 5. The van der Waals surface area contributed by atoms with E-state index in [0.29, 0.717) is 22.5 Å². The molecule has 3 rings (SSSR count). The normalized spacial score (nSPS) is 11.8. The molecule has 0 aliphatic rings. The maximum absolute atomic E-state index is 12.4. The highest BCUT2D eigenvalue weighted by Crippen LogP contribution is 2.22. The Kier molecular flexibility index (Phi) is 3.96. The third-order valence-electron chi connectivity index (χ3n) is 3.09. The van der Waals surface area contributed by atoms with E-state index in [2.05, 4.69) is 9.71 Å². The first-order valence-corrected chi connectivity index (χ1v) is 8.55. The molecule has 1 N–H and O–H groups in total. The van der Waals surface area contributed by atoms with Crippen LogP contribution in [0, 0.1) is 0 Å². The predicted molar refractivity (Wildman–Crippen MR) is 87.0 cm³/mol. The number of fused-ring (bicyclic) bond motifs is 1. The average Bonchev–Trinajstić information content (AvgIpc) is 2.94. The number of hydrogen-bond acceptors (Lipinski definition) is 5. The van der Waals surface area contributed by atoms with Crippen molar-refractivity contribution in [2.75, 3.05) is 4.72 Å². The van der Waals surface area contributed by atoms with Crippen molar-refractivity contribution < 1.29 is 17.6 Å². The monoisotopic (exact) mass is 332 g/mol. The van der Waals surface area contributed by atoms with E-state index in [1.807, 2.05) is 13.8 Å². The molecule has 1 heterocycles. The van der Waals surface area contributed by atoms with Crippen LogP contribution in [-0.4, -0.2) is 19.5 Å². The third kappa shape index (κ3) is 3.45. The Morgan fingerprint density at radius 3 is 2.57 bits per heavy atom. The highest BCUT2D eigenvalue weighted by Gasteiger charge is 2.15. The van der Waals surface area contributed by atoms with Gasteiger partial charge >= 0.3 is 0 Å². The minimum Gasteiger partial charge on any atom is -0.491 e. The summed E-state index contributed by atoms with van der Waals surface area (Å²) in [5.41, 5.74) is 1.60. The van der Waals surface area contributed by atoms with Gasteiger partial charge in [-0.05, 0) is 50.2 Å². The number of sulfonamides is 1. The van der Waals surface area contributed by atoms with Gasteiger partial charge in [0.25, 0.3) is 10.0 Å². The molecule has 7 heteroatoms. The molecule has 0 aliphatic carbocycles. The summed E-state index contributed by atoms with van der Waals surface area (Å²) in [7, 11) is -3.68. The van der Waals surface area contributed by atoms with Crippen LogP contribution in [0.25, 0.3) is 11.1 Å². The molecule has 6 nitrogen and oxygen atoms in total. The zero-order valence-corrected chi connectivity index (χ0v) is 13.5. The lowest BCUT2D eigenvalue weighted by Crippen LogP contribution is -2.13. The van der Waals surface area contributed by atoms with Gasteiger partial charge in [-0.2, -0.15) is 0 Å². The van der Waals surface area contributed by atoms with Crippen molar-refractivity contribution in [3.05, 3.63) is 48.9 Å². The Morgan fingerprint density at radius 1 is 1.13 bits per heavy atom. The molecule has 0 saturated heterocycles. The van der Waals surface area contributed by atoms with Crippen molar-refractivity contribution in [1.82, 2.24) is 4.98 Å². The summed E-state index contributed by atoms with van der Waals surface area (Å²) in [6.45, 7) is 3.82. The Labute approximate surface area is 134 Å². The second-order valence-electron chi connectivity index (χ2n) is 5.28. The topological polar surface area (TPSA) is 81.4 Å². The molecular weight excluding hydrogens is 316 g/mol. The van der Waals surface area contributed by atoms with Crippen LogP contribution in [-0.2, 0) is 10.0 Å². The second-order valence-corrected chi connectivity index (χ2v) is 6.96. The molecule has 0 saturated carbocycles. The first-order chi connectivity index (χ1) is 10.9. The number of aromatic nitrogens is 1. The van der Waals surface area contributed by atoms with Crippen molar-refractivity contribution in [2.24, 2.45) is 0 Å². The molecule has 0 atom stereocenters. The maximum Gasteiger partial charge on any atom is 0.261 e. The lowest BCUT2D eigenvalue weighted by Gasteiger charge is -2.11. The van der Waals surface area contributed by atoms with Gasteiger partial charge in [-0.3, -0.25) is 4.72 Å². The SMILES string of the molecule is CC(C)Oc1ccc(S(=O)(=O)Nc2ccc3ncoc3c2)cc1. The Morgan fingerprint density at radius 2 is 1.87 bits per heavy atom. The number of nitrogens with zero attached hydrogens (tertiary/aromatic N) is 1. The molecule has 120 valence electrons. The van der Waals surface area contributed by atoms with E-state index in [1.54, 1.807) is 30.3 Å². The molecule has 0 radical (unpaired) electrons. The van der Waals surface area contributed by atoms with Crippen molar-refractivity contribution in [3.63, 3.8) is 0 Å². The smallest absolute Gasteiger partial charge is 0.261 e. The van der Waals surface area contributed by atoms with Crippen LogP contribution >= 0.6 is 0 Å². The fraction of sp³-hybridized carbons (Fsp3) is 0.188. The molecule has 0 fully saturated rings. The Balaban J connectivity index is 1.83. The first-order valence-electron chi connectivity index (χ1n) is 7.07. The van der Waals surface area contributed by atoms with Crippen molar-refractivity contribution >= 4 is 26.8 Å². The highest BCUT2D eigenvalue weighted by atomic mass is 32.2. The van der Waals surface area contributed by atoms with Crippen LogP contribution in [0.5, 0.6) is 5.75 Å². The minimum atomic E-state index is -3.68. The van der Waals surface area contributed by atoms with Crippen LogP contribution in [0.4, 0.5) is 5.69 Å². The molecule has 0 aliphatic heterocycles. The highest BCUT2D eigenvalue weighted by molar-refractivity contribution is 7.92. The molecule has 0 unspecified atom stereocenters. The van der Waals surface area contributed by atoms with E-state index in [4.69, 9.17) is 9.15 Å². The minimum absolute atomic E-state index is 0.0317. The number of hydrogen-bond donors (Lipinski definition) is 1. The fourth-order valence-corrected chi connectivity index (χ4v) is 3.15. The number of benzene rings is 2. The maximum atomic E-state index is 12.4. The van der Waals surface area contributed by atoms with E-state index >= 15 is 0 Å². The molecule has 0 amide bonds. The fourth-order valence-electron chi connectivity index (χ4n) is 2.10. The van der Waals surface area contributed by atoms with Crippen LogP contribution < -0.4 is 9.46 Å². The first kappa shape index (κ1) is 15.4. The lowest BCUT2D eigenvalue weighted by atomic mass is 10.3. The van der Waals surface area contributed by atoms with Gasteiger partial charge < -0.3 is 9.15 Å². The Bertz CT molecular complexity index is 915. The van der Waals surface area contributed by atoms with Gasteiger partial charge in [0, 0.05) is 6.07 Å². The van der Waals surface area contributed by atoms with Crippen LogP contribution in [0.15, 0.2) is 58.2 Å². The lowest BCUT2D eigenvalue weighted by molar-refractivity contribution is 0.242. The van der Waals surface area contributed by atoms with Crippen LogP contribution in [0.2, 0.25) is 0 Å². The standard InChI is InChI=1S/C16H16N2O4S/c1-11(2)22-13-4-6-14(7-5-13)23(19,20)18-12-3-8-15-16(9-12)21-10-17-15/h3-11,18H,1-2H3. The number of nitrogens with one attached hydrogen (secondary N) is 1. The summed E-state index contributed by atoms with van der Waals surface area (Å²) in [6.07, 6.45) is 1.35. The summed E-state index contributed by atoms with van der Waals surface area (Å²) in [5.74, 6) is 0.627. The molecule has 3 aromatic rings. The van der Waals surface area contributed by atoms with E-state index < -0.39 is 10.0 Å². The zero-order chi connectivity index (χ0) is 16.4. The molecule has 23 heavy (non-hydrogen) atoms. The summed E-state index contributed by atoms with van der Waals surface area (Å²) in [5, 5.41) is 0. The van der Waals surface area contributed by atoms with Gasteiger partial charge in [0.15, 0.2) is 12.0 Å². The quantitative estimate of drug-likeness (QED) is 0.774. The zero-order valence-electron chi connectivity index (χ0n) is 12.7. The number of oxazole rings is 1. The van der Waals surface area contributed by atoms with Gasteiger partial charge in [0.2, 0.25) is 0 Å². The Hall–Kier alpha value is -2.54. The summed E-state index contributed by atoms with van der Waals surface area (Å²) in [6, 6.07) is 11.2. The van der Waals surface area contributed by atoms with Crippen molar-refractivity contribution in [3.8, 4) is 5.75 Å². The van der Waals surface area contributed by atoms with Crippen LogP contribution in [0.3, 0.4) is 0 Å². The van der Waals surface area contributed by atoms with Gasteiger partial charge in [-0.15, -0.1) is 0 Å². The van der Waals surface area contributed by atoms with E-state index in [0.717, 1.165) is 0 Å². The summed E-state index contributed by atoms with van der Waals surface area (Å²) < 4.78 is 38.0. The molecule has 0 spiro atoms. The predicted octanol–water partition coefficient (Wildman–Crippen LogP) is 3.42. The van der Waals surface area contributed by atoms with Gasteiger partial charge in [0.05, 0.1) is 16.7 Å². The average molecular weight is 332 g/mol. The van der Waals surface area contributed by atoms with Gasteiger partial charge in [0.1, 0.15) is 11.3 Å². The molecule has 1 aromatic heterocycles. The number of ether oxygens (including phenoxy) is 1. The van der Waals surface area contributed by atoms with Gasteiger partial charge in [-0.25, -0.2) is 13.4 Å². The van der Waals surface area contributed by atoms with Crippen molar-refractivity contribution in [2.45, 2.75) is 24.8 Å². The molecular formula is C16H16N2O4S. The van der Waals surface area contributed by atoms with E-state index in [1.165, 1.54) is 18.5 Å². The van der Waals surface area contributed by atoms with Crippen molar-refractivity contribution in [1.29, 1.82) is 0 Å². The van der Waals surface area contributed by atoms with Crippen LogP contribution in [0.1, 0.15) is 13.8 Å².